The molecule has 5 heteroatoms. The van der Waals surface area contributed by atoms with Crippen LogP contribution in [0.4, 0.5) is 0 Å². The zero-order valence-electron chi connectivity index (χ0n) is 8.11. The van der Waals surface area contributed by atoms with Crippen molar-refractivity contribution in [1.29, 1.82) is 0 Å². The quantitative estimate of drug-likeness (QED) is 0.593. The Labute approximate surface area is 82.4 Å². The van der Waals surface area contributed by atoms with Gasteiger partial charge in [-0.15, -0.1) is 6.42 Å². The molecule has 0 aromatic rings. The Morgan fingerprint density at radius 2 is 2.21 bits per heavy atom. The molecule has 0 saturated carbocycles. The molecule has 2 amide bonds. The van der Waals surface area contributed by atoms with Crippen LogP contribution in [0.25, 0.3) is 0 Å². The molecular weight excluding hydrogens is 184 g/mol. The number of hydrogen-bond donors (Lipinski definition) is 1. The molecule has 0 radical (unpaired) electrons. The van der Waals surface area contributed by atoms with Crippen LogP contribution in [0.2, 0.25) is 0 Å². The number of terminal acetylenes is 1. The summed E-state index contributed by atoms with van der Waals surface area (Å²) in [6, 6.07) is -1.19. The molecule has 1 rings (SSSR count). The second-order valence-corrected chi connectivity index (χ2v) is 3.05. The highest BCUT2D eigenvalue weighted by molar-refractivity contribution is 5.95. The van der Waals surface area contributed by atoms with Gasteiger partial charge in [-0.05, 0) is 13.8 Å². The largest absolute Gasteiger partial charge is 0.343 e. The number of rotatable bonds is 2. The first-order valence-electron chi connectivity index (χ1n) is 4.27. The lowest BCUT2D eigenvalue weighted by Crippen LogP contribution is -2.61. The predicted octanol–water partition coefficient (Wildman–Crippen LogP) is -0.713. The summed E-state index contributed by atoms with van der Waals surface area (Å²) in [5, 5.41) is 3.55. The van der Waals surface area contributed by atoms with Crippen molar-refractivity contribution in [3.63, 3.8) is 0 Å². The van der Waals surface area contributed by atoms with Gasteiger partial charge in [0, 0.05) is 0 Å². The molecule has 0 bridgehead atoms. The number of hydrogen-bond acceptors (Lipinski definition) is 3. The third kappa shape index (κ3) is 1.86. The molecule has 2 atom stereocenters. The van der Waals surface area contributed by atoms with Crippen LogP contribution in [0.1, 0.15) is 13.8 Å². The van der Waals surface area contributed by atoms with Gasteiger partial charge in [0.2, 0.25) is 5.91 Å². The van der Waals surface area contributed by atoms with E-state index in [1.54, 1.807) is 13.8 Å². The lowest BCUT2D eigenvalue weighted by Gasteiger charge is -2.34. The third-order valence-corrected chi connectivity index (χ3v) is 1.96. The minimum Gasteiger partial charge on any atom is -0.343 e. The molecule has 0 spiro atoms. The van der Waals surface area contributed by atoms with Crippen LogP contribution in [0.15, 0.2) is 0 Å². The molecule has 0 aliphatic carbocycles. The predicted molar refractivity (Wildman–Crippen MR) is 48.7 cm³/mol. The zero-order valence-corrected chi connectivity index (χ0v) is 8.11. The summed E-state index contributed by atoms with van der Waals surface area (Å²) in [4.78, 5) is 27.8. The first-order chi connectivity index (χ1) is 6.57. The van der Waals surface area contributed by atoms with E-state index in [2.05, 4.69) is 11.2 Å². The van der Waals surface area contributed by atoms with E-state index in [0.29, 0.717) is 0 Å². The fourth-order valence-electron chi connectivity index (χ4n) is 1.17. The van der Waals surface area contributed by atoms with Gasteiger partial charge in [-0.1, -0.05) is 5.92 Å². The van der Waals surface area contributed by atoms with Crippen molar-refractivity contribution in [3.8, 4) is 12.3 Å². The molecular formula is C9H12N2O3. The molecule has 1 aliphatic heterocycles. The van der Waals surface area contributed by atoms with E-state index in [-0.39, 0.29) is 18.4 Å². The standard InChI is InChI=1S/C9H12N2O3/c1-4-5-14-11-7(3)8(12)10-6(2)9(11)13/h1,6-7H,5H2,2-3H3,(H,10,12). The number of nitrogens with zero attached hydrogens (tertiary/aromatic N) is 1. The van der Waals surface area contributed by atoms with E-state index >= 15 is 0 Å². The van der Waals surface area contributed by atoms with Crippen molar-refractivity contribution in [1.82, 2.24) is 10.4 Å². The number of carbonyl (C=O) groups is 2. The van der Waals surface area contributed by atoms with Gasteiger partial charge in [0.25, 0.3) is 5.91 Å². The van der Waals surface area contributed by atoms with Gasteiger partial charge in [0.1, 0.15) is 18.7 Å². The molecule has 1 aliphatic rings. The second-order valence-electron chi connectivity index (χ2n) is 3.05. The summed E-state index contributed by atoms with van der Waals surface area (Å²) in [7, 11) is 0. The summed E-state index contributed by atoms with van der Waals surface area (Å²) in [6.45, 7) is 3.16. The fourth-order valence-corrected chi connectivity index (χ4v) is 1.17. The van der Waals surface area contributed by atoms with Crippen molar-refractivity contribution >= 4 is 11.8 Å². The second kappa shape index (κ2) is 4.11. The van der Waals surface area contributed by atoms with Crippen LogP contribution in [-0.4, -0.2) is 35.6 Å². The topological polar surface area (TPSA) is 58.6 Å². The van der Waals surface area contributed by atoms with Crippen molar-refractivity contribution in [2.24, 2.45) is 0 Å². The SMILES string of the molecule is C#CCON1C(=O)C(C)NC(=O)C1C. The minimum atomic E-state index is -0.632. The van der Waals surface area contributed by atoms with Gasteiger partial charge in [0.15, 0.2) is 0 Å². The van der Waals surface area contributed by atoms with Crippen LogP contribution in [0, 0.1) is 12.3 Å². The number of hydroxylamine groups is 2. The average Bonchev–Trinajstić information content (AvgIpc) is 2.15. The van der Waals surface area contributed by atoms with Gasteiger partial charge >= 0.3 is 0 Å². The molecule has 14 heavy (non-hydrogen) atoms. The van der Waals surface area contributed by atoms with Gasteiger partial charge in [-0.2, -0.15) is 0 Å². The molecule has 5 nitrogen and oxygen atoms in total. The monoisotopic (exact) mass is 196 g/mol. The van der Waals surface area contributed by atoms with E-state index in [0.717, 1.165) is 5.06 Å². The van der Waals surface area contributed by atoms with Gasteiger partial charge < -0.3 is 5.32 Å². The zero-order chi connectivity index (χ0) is 10.7. The van der Waals surface area contributed by atoms with Crippen molar-refractivity contribution < 1.29 is 14.4 Å². The van der Waals surface area contributed by atoms with E-state index in [9.17, 15) is 9.59 Å². The highest BCUT2D eigenvalue weighted by atomic mass is 16.7. The number of nitrogens with one attached hydrogen (secondary N) is 1. The molecule has 0 aromatic carbocycles. The van der Waals surface area contributed by atoms with E-state index in [1.165, 1.54) is 0 Å². The lowest BCUT2D eigenvalue weighted by molar-refractivity contribution is -0.203. The van der Waals surface area contributed by atoms with Crippen molar-refractivity contribution in [2.75, 3.05) is 6.61 Å². The average molecular weight is 196 g/mol. The van der Waals surface area contributed by atoms with Crippen molar-refractivity contribution in [3.05, 3.63) is 0 Å². The molecule has 1 fully saturated rings. The summed E-state index contributed by atoms with van der Waals surface area (Å²) in [5.74, 6) is 1.71. The summed E-state index contributed by atoms with van der Waals surface area (Å²) in [6.07, 6.45) is 4.99. The Morgan fingerprint density at radius 1 is 1.57 bits per heavy atom. The van der Waals surface area contributed by atoms with E-state index in [1.807, 2.05) is 0 Å². The normalized spacial score (nSPS) is 27.1. The molecule has 1 heterocycles. The van der Waals surface area contributed by atoms with Gasteiger partial charge in [0.05, 0.1) is 0 Å². The first-order valence-corrected chi connectivity index (χ1v) is 4.27. The molecule has 1 N–H and O–H groups in total. The Balaban J connectivity index is 2.73. The Morgan fingerprint density at radius 3 is 2.79 bits per heavy atom. The number of piperazine rings is 1. The summed E-state index contributed by atoms with van der Waals surface area (Å²) in [5.41, 5.74) is 0. The smallest absolute Gasteiger partial charge is 0.269 e. The minimum absolute atomic E-state index is 0.0178. The van der Waals surface area contributed by atoms with Crippen LogP contribution < -0.4 is 5.32 Å². The van der Waals surface area contributed by atoms with Crippen LogP contribution in [0.3, 0.4) is 0 Å². The van der Waals surface area contributed by atoms with Crippen molar-refractivity contribution in [2.45, 2.75) is 25.9 Å². The first kappa shape index (κ1) is 10.5. The van der Waals surface area contributed by atoms with Gasteiger partial charge in [-0.3, -0.25) is 14.4 Å². The molecule has 1 saturated heterocycles. The number of amides is 2. The van der Waals surface area contributed by atoms with Crippen LogP contribution in [-0.2, 0) is 14.4 Å². The number of carbonyl (C=O) groups excluding carboxylic acids is 2. The highest BCUT2D eigenvalue weighted by Crippen LogP contribution is 2.09. The third-order valence-electron chi connectivity index (χ3n) is 1.96. The fraction of sp³-hybridized carbons (Fsp3) is 0.556. The maximum atomic E-state index is 11.5. The summed E-state index contributed by atoms with van der Waals surface area (Å²) >= 11 is 0. The lowest BCUT2D eigenvalue weighted by atomic mass is 10.1. The Kier molecular flexibility index (Phi) is 3.10. The molecule has 2 unspecified atom stereocenters. The highest BCUT2D eigenvalue weighted by Gasteiger charge is 2.36. The molecule has 76 valence electrons. The van der Waals surface area contributed by atoms with Crippen LogP contribution >= 0.6 is 0 Å². The van der Waals surface area contributed by atoms with E-state index < -0.39 is 12.1 Å². The maximum absolute atomic E-state index is 11.5. The Bertz CT molecular complexity index is 295. The molecule has 0 aromatic heterocycles. The summed E-state index contributed by atoms with van der Waals surface area (Å²) < 4.78 is 0. The van der Waals surface area contributed by atoms with Crippen LogP contribution in [0.5, 0.6) is 0 Å². The van der Waals surface area contributed by atoms with Gasteiger partial charge in [-0.25, -0.2) is 5.06 Å². The maximum Gasteiger partial charge on any atom is 0.269 e. The van der Waals surface area contributed by atoms with E-state index in [4.69, 9.17) is 11.3 Å². The Hall–Kier alpha value is -1.54.